The maximum atomic E-state index is 13.5. The van der Waals surface area contributed by atoms with E-state index >= 15 is 0 Å². The van der Waals surface area contributed by atoms with Gasteiger partial charge in [-0.15, -0.1) is 0 Å². The molecule has 7 heteroatoms. The number of nitrogens with zero attached hydrogens (tertiary/aromatic N) is 2. The molecule has 0 aromatic heterocycles. The largest absolute Gasteiger partial charge is 0.493 e. The van der Waals surface area contributed by atoms with E-state index in [2.05, 4.69) is 54.6 Å². The van der Waals surface area contributed by atoms with Crippen LogP contribution in [0.3, 0.4) is 0 Å². The van der Waals surface area contributed by atoms with Crippen molar-refractivity contribution in [1.82, 2.24) is 15.1 Å². The van der Waals surface area contributed by atoms with Gasteiger partial charge in [-0.25, -0.2) is 4.39 Å². The summed E-state index contributed by atoms with van der Waals surface area (Å²) in [5, 5.41) is 3.51. The number of amides is 1. The Morgan fingerprint density at radius 1 is 1.19 bits per heavy atom. The molecule has 196 valence electrons. The van der Waals surface area contributed by atoms with Gasteiger partial charge in [0, 0.05) is 44.7 Å². The van der Waals surface area contributed by atoms with E-state index in [4.69, 9.17) is 10.5 Å². The predicted octanol–water partition coefficient (Wildman–Crippen LogP) is 4.65. The zero-order chi connectivity index (χ0) is 26.1. The first-order valence-corrected chi connectivity index (χ1v) is 12.9. The molecule has 3 N–H and O–H groups in total. The van der Waals surface area contributed by atoms with Crippen LogP contribution in [0.1, 0.15) is 51.2 Å². The van der Waals surface area contributed by atoms with Crippen molar-refractivity contribution in [1.29, 1.82) is 0 Å². The standard InChI is InChI=1S/C29H41FN4O2/c1-21(2)20-36-28-11-7-24(8-12-28)18-32-23(4)34(19-25-5-9-26(30)10-6-25)27-13-15-33(22(3)17-27)16-14-29(31)35/h5-12,21-22,27,32H,4,13-20H2,1-3H3,(H2,31,35). The highest BCUT2D eigenvalue weighted by molar-refractivity contribution is 5.73. The van der Waals surface area contributed by atoms with E-state index in [0.717, 1.165) is 42.1 Å². The number of hydrogen-bond acceptors (Lipinski definition) is 5. The van der Waals surface area contributed by atoms with Crippen molar-refractivity contribution in [3.8, 4) is 5.75 Å². The molecule has 0 aliphatic carbocycles. The first-order chi connectivity index (χ1) is 17.2. The predicted molar refractivity (Wildman–Crippen MR) is 143 cm³/mol. The average molecular weight is 497 g/mol. The molecule has 2 aromatic carbocycles. The number of piperidine rings is 1. The molecule has 36 heavy (non-hydrogen) atoms. The first-order valence-electron chi connectivity index (χ1n) is 12.9. The number of likely N-dealkylation sites (tertiary alicyclic amines) is 1. The second kappa shape index (κ2) is 13.3. The highest BCUT2D eigenvalue weighted by Crippen LogP contribution is 2.26. The summed E-state index contributed by atoms with van der Waals surface area (Å²) in [6.07, 6.45) is 2.28. The normalized spacial score (nSPS) is 18.1. The van der Waals surface area contributed by atoms with E-state index in [1.54, 1.807) is 0 Å². The zero-order valence-electron chi connectivity index (χ0n) is 21.9. The molecule has 0 radical (unpaired) electrons. The van der Waals surface area contributed by atoms with Crippen LogP contribution in [-0.4, -0.2) is 47.5 Å². The maximum absolute atomic E-state index is 13.5. The molecule has 1 aliphatic rings. The van der Waals surface area contributed by atoms with Gasteiger partial charge >= 0.3 is 0 Å². The smallest absolute Gasteiger partial charge is 0.218 e. The molecule has 6 nitrogen and oxygen atoms in total. The monoisotopic (exact) mass is 496 g/mol. The van der Waals surface area contributed by atoms with E-state index in [-0.39, 0.29) is 17.8 Å². The second-order valence-electron chi connectivity index (χ2n) is 10.2. The minimum atomic E-state index is -0.264. The summed E-state index contributed by atoms with van der Waals surface area (Å²) in [6.45, 7) is 14.4. The zero-order valence-corrected chi connectivity index (χ0v) is 21.9. The molecule has 3 rings (SSSR count). The van der Waals surface area contributed by atoms with Gasteiger partial charge in [-0.05, 0) is 61.1 Å². The number of nitrogens with two attached hydrogens (primary N) is 1. The first kappa shape index (κ1) is 27.5. The summed E-state index contributed by atoms with van der Waals surface area (Å²) in [6, 6.07) is 15.4. The number of carbonyl (C=O) groups is 1. The van der Waals surface area contributed by atoms with Gasteiger partial charge in [0.05, 0.1) is 12.4 Å². The average Bonchev–Trinajstić information content (AvgIpc) is 2.85. The van der Waals surface area contributed by atoms with Gasteiger partial charge in [0.25, 0.3) is 0 Å². The van der Waals surface area contributed by atoms with Gasteiger partial charge in [0.15, 0.2) is 0 Å². The molecule has 1 heterocycles. The van der Waals surface area contributed by atoms with Gasteiger partial charge in [-0.1, -0.05) is 44.7 Å². The van der Waals surface area contributed by atoms with Crippen molar-refractivity contribution in [3.63, 3.8) is 0 Å². The van der Waals surface area contributed by atoms with Gasteiger partial charge < -0.3 is 20.7 Å². The fraction of sp³-hybridized carbons (Fsp3) is 0.483. The molecule has 2 atom stereocenters. The summed E-state index contributed by atoms with van der Waals surface area (Å²) in [7, 11) is 0. The highest BCUT2D eigenvalue weighted by Gasteiger charge is 2.30. The molecule has 0 bridgehead atoms. The Bertz CT molecular complexity index is 978. The Labute approximate surface area is 215 Å². The van der Waals surface area contributed by atoms with Crippen molar-refractivity contribution in [3.05, 3.63) is 77.9 Å². The lowest BCUT2D eigenvalue weighted by Gasteiger charge is -2.44. The summed E-state index contributed by atoms with van der Waals surface area (Å²) in [5.74, 6) is 1.71. The molecule has 2 aromatic rings. The van der Waals surface area contributed by atoms with Crippen LogP contribution in [0.25, 0.3) is 0 Å². The number of hydrogen-bond donors (Lipinski definition) is 2. The summed E-state index contributed by atoms with van der Waals surface area (Å²) < 4.78 is 19.3. The van der Waals surface area contributed by atoms with E-state index in [1.165, 1.54) is 12.1 Å². The van der Waals surface area contributed by atoms with Crippen molar-refractivity contribution in [2.75, 3.05) is 19.7 Å². The molecule has 2 unspecified atom stereocenters. The quantitative estimate of drug-likeness (QED) is 0.422. The van der Waals surface area contributed by atoms with E-state index in [0.29, 0.717) is 44.6 Å². The van der Waals surface area contributed by atoms with E-state index in [9.17, 15) is 9.18 Å². The highest BCUT2D eigenvalue weighted by atomic mass is 19.1. The van der Waals surface area contributed by atoms with Crippen molar-refractivity contribution < 1.29 is 13.9 Å². The lowest BCUT2D eigenvalue weighted by Crippen LogP contribution is -2.50. The number of halogens is 1. The van der Waals surface area contributed by atoms with Gasteiger partial charge in [0.1, 0.15) is 11.6 Å². The number of benzene rings is 2. The van der Waals surface area contributed by atoms with Gasteiger partial charge in [0.2, 0.25) is 5.91 Å². The van der Waals surface area contributed by atoms with E-state index in [1.807, 2.05) is 24.3 Å². The molecule has 0 saturated carbocycles. The van der Waals surface area contributed by atoms with Crippen LogP contribution in [0.5, 0.6) is 5.75 Å². The Morgan fingerprint density at radius 2 is 1.86 bits per heavy atom. The van der Waals surface area contributed by atoms with Crippen LogP contribution in [0.2, 0.25) is 0 Å². The van der Waals surface area contributed by atoms with Gasteiger partial charge in [-0.3, -0.25) is 9.69 Å². The Kier molecular flexibility index (Phi) is 10.2. The lowest BCUT2D eigenvalue weighted by molar-refractivity contribution is -0.118. The van der Waals surface area contributed by atoms with E-state index < -0.39 is 0 Å². The molecule has 1 aliphatic heterocycles. The Hall–Kier alpha value is -3.06. The second-order valence-corrected chi connectivity index (χ2v) is 10.2. The SMILES string of the molecule is C=C(NCc1ccc(OCC(C)C)cc1)N(Cc1ccc(F)cc1)C1CCN(CCC(N)=O)C(C)C1. The fourth-order valence-corrected chi connectivity index (χ4v) is 4.57. The summed E-state index contributed by atoms with van der Waals surface area (Å²) in [5.41, 5.74) is 7.54. The topological polar surface area (TPSA) is 70.8 Å². The maximum Gasteiger partial charge on any atom is 0.218 e. The number of carbonyl (C=O) groups excluding carboxylic acids is 1. The van der Waals surface area contributed by atoms with Crippen molar-refractivity contribution >= 4 is 5.91 Å². The van der Waals surface area contributed by atoms with Crippen molar-refractivity contribution in [2.45, 2.75) is 65.2 Å². The van der Waals surface area contributed by atoms with Crippen LogP contribution in [0, 0.1) is 11.7 Å². The van der Waals surface area contributed by atoms with Crippen LogP contribution in [0.15, 0.2) is 60.9 Å². The minimum absolute atomic E-state index is 0.237. The molecule has 1 amide bonds. The summed E-state index contributed by atoms with van der Waals surface area (Å²) in [4.78, 5) is 15.9. The van der Waals surface area contributed by atoms with Crippen LogP contribution in [-0.2, 0) is 17.9 Å². The molecule has 0 spiro atoms. The Balaban J connectivity index is 1.64. The minimum Gasteiger partial charge on any atom is -0.493 e. The number of nitrogens with one attached hydrogen (secondary N) is 1. The molecule has 1 saturated heterocycles. The molecule has 1 fully saturated rings. The molecular formula is C29H41FN4O2. The number of rotatable bonds is 13. The lowest BCUT2D eigenvalue weighted by atomic mass is 9.96. The summed E-state index contributed by atoms with van der Waals surface area (Å²) >= 11 is 0. The third kappa shape index (κ3) is 8.55. The van der Waals surface area contributed by atoms with Crippen LogP contribution < -0.4 is 15.8 Å². The number of primary amides is 1. The molecular weight excluding hydrogens is 455 g/mol. The van der Waals surface area contributed by atoms with Gasteiger partial charge in [-0.2, -0.15) is 0 Å². The number of ether oxygens (including phenoxy) is 1. The Morgan fingerprint density at radius 3 is 2.47 bits per heavy atom. The third-order valence-electron chi connectivity index (χ3n) is 6.69. The van der Waals surface area contributed by atoms with Crippen LogP contribution >= 0.6 is 0 Å². The van der Waals surface area contributed by atoms with Crippen molar-refractivity contribution in [2.24, 2.45) is 11.7 Å². The van der Waals surface area contributed by atoms with Crippen LogP contribution in [0.4, 0.5) is 4.39 Å². The fourth-order valence-electron chi connectivity index (χ4n) is 4.57. The third-order valence-corrected chi connectivity index (χ3v) is 6.69.